The predicted octanol–water partition coefficient (Wildman–Crippen LogP) is -2.58. The van der Waals surface area contributed by atoms with Crippen LogP contribution in [0.15, 0.2) is 0 Å². The van der Waals surface area contributed by atoms with E-state index in [1.165, 1.54) is 0 Å². The van der Waals surface area contributed by atoms with Gasteiger partial charge in [-0.1, -0.05) is 0 Å². The Kier molecular flexibility index (Phi) is 5.71. The van der Waals surface area contributed by atoms with Gasteiger partial charge in [-0.15, -0.1) is 0 Å². The van der Waals surface area contributed by atoms with Gasteiger partial charge in [0, 0.05) is 0 Å². The van der Waals surface area contributed by atoms with Crippen LogP contribution in [-0.4, -0.2) is 30.0 Å². The van der Waals surface area contributed by atoms with Gasteiger partial charge in [0.1, 0.15) is 6.29 Å². The number of aliphatic hydroxyl groups is 2. The van der Waals surface area contributed by atoms with Gasteiger partial charge < -0.3 is 10.2 Å². The van der Waals surface area contributed by atoms with E-state index in [1.807, 2.05) is 0 Å². The third kappa shape index (κ3) is 4.05. The highest BCUT2D eigenvalue weighted by Gasteiger charge is 2.00. The maximum Gasteiger partial charge on any atom is 0.178 e. The van der Waals surface area contributed by atoms with Crippen LogP contribution in [0.3, 0.4) is 0 Å². The monoisotopic (exact) mass is 146 g/mol. The lowest BCUT2D eigenvalue weighted by atomic mass is 10.7. The number of hydrogen-bond acceptors (Lipinski definition) is 6. The fourth-order valence-electron chi connectivity index (χ4n) is 0.421. The van der Waals surface area contributed by atoms with E-state index in [0.29, 0.717) is 0 Å². The van der Waals surface area contributed by atoms with Gasteiger partial charge in [0.05, 0.1) is 13.5 Å². The molecule has 0 aliphatic rings. The first-order valence-electron chi connectivity index (χ1n) is 2.68. The lowest BCUT2D eigenvalue weighted by Crippen LogP contribution is -2.51. The molecule has 0 aliphatic heterocycles. The summed E-state index contributed by atoms with van der Waals surface area (Å²) in [5.41, 5.74) is 0. The number of hydrogen-bond donors (Lipinski definition) is 5. The van der Waals surface area contributed by atoms with Crippen LogP contribution in [0.4, 0.5) is 0 Å². The van der Waals surface area contributed by atoms with Crippen molar-refractivity contribution in [1.29, 1.82) is 5.26 Å². The number of nitrogens with one attached hydrogen (secondary N) is 3. The van der Waals surface area contributed by atoms with Gasteiger partial charge >= 0.3 is 0 Å². The number of nitriles is 1. The van der Waals surface area contributed by atoms with Crippen molar-refractivity contribution in [2.75, 3.05) is 13.5 Å². The summed E-state index contributed by atoms with van der Waals surface area (Å²) in [4.78, 5) is 0. The summed E-state index contributed by atoms with van der Waals surface area (Å²) in [6.07, 6.45) is 1.06. The van der Waals surface area contributed by atoms with Crippen LogP contribution in [0.1, 0.15) is 0 Å². The zero-order valence-corrected chi connectivity index (χ0v) is 5.33. The van der Waals surface area contributed by atoms with Crippen LogP contribution in [0, 0.1) is 11.5 Å². The average molecular weight is 146 g/mol. The SMILES string of the molecule is N#CNC(NCO)NCO. The summed E-state index contributed by atoms with van der Waals surface area (Å²) in [5.74, 6) is 0. The topological polar surface area (TPSA) is 100 Å². The third-order valence-corrected chi connectivity index (χ3v) is 0.800. The van der Waals surface area contributed by atoms with Crippen molar-refractivity contribution in [1.82, 2.24) is 16.0 Å². The van der Waals surface area contributed by atoms with Gasteiger partial charge in [-0.05, 0) is 0 Å². The first-order chi connectivity index (χ1) is 4.85. The summed E-state index contributed by atoms with van der Waals surface area (Å²) >= 11 is 0. The second-order valence-corrected chi connectivity index (χ2v) is 1.41. The highest BCUT2D eigenvalue weighted by atomic mass is 16.3. The normalized spacial score (nSPS) is 9.40. The van der Waals surface area contributed by atoms with E-state index in [0.717, 1.165) is 0 Å². The molecule has 0 amide bonds. The third-order valence-electron chi connectivity index (χ3n) is 0.800. The fourth-order valence-corrected chi connectivity index (χ4v) is 0.421. The van der Waals surface area contributed by atoms with Gasteiger partial charge in [-0.3, -0.25) is 16.0 Å². The Hall–Kier alpha value is -0.870. The maximum absolute atomic E-state index is 8.31. The molecule has 0 heterocycles. The largest absolute Gasteiger partial charge is 0.381 e. The second kappa shape index (κ2) is 6.25. The molecule has 0 aromatic carbocycles. The van der Waals surface area contributed by atoms with Crippen molar-refractivity contribution in [3.63, 3.8) is 0 Å². The van der Waals surface area contributed by atoms with Gasteiger partial charge in [-0.2, -0.15) is 5.26 Å². The summed E-state index contributed by atoms with van der Waals surface area (Å²) in [5, 5.41) is 31.8. The number of nitrogens with zero attached hydrogens (tertiary/aromatic N) is 1. The summed E-state index contributed by atoms with van der Waals surface area (Å²) < 4.78 is 0. The van der Waals surface area contributed by atoms with E-state index in [1.54, 1.807) is 6.19 Å². The molecule has 6 nitrogen and oxygen atoms in total. The second-order valence-electron chi connectivity index (χ2n) is 1.41. The fraction of sp³-hybridized carbons (Fsp3) is 0.750. The van der Waals surface area contributed by atoms with E-state index >= 15 is 0 Å². The van der Waals surface area contributed by atoms with E-state index in [9.17, 15) is 0 Å². The Morgan fingerprint density at radius 1 is 1.30 bits per heavy atom. The van der Waals surface area contributed by atoms with E-state index in [-0.39, 0.29) is 13.5 Å². The Labute approximate surface area is 58.5 Å². The molecule has 0 spiro atoms. The van der Waals surface area contributed by atoms with Crippen molar-refractivity contribution < 1.29 is 10.2 Å². The molecule has 0 atom stereocenters. The van der Waals surface area contributed by atoms with Crippen LogP contribution in [0.25, 0.3) is 0 Å². The molecule has 0 fully saturated rings. The lowest BCUT2D eigenvalue weighted by molar-refractivity contribution is 0.180. The number of aliphatic hydroxyl groups excluding tert-OH is 2. The highest BCUT2D eigenvalue weighted by molar-refractivity contribution is 4.70. The Morgan fingerprint density at radius 3 is 2.10 bits per heavy atom. The summed E-state index contributed by atoms with van der Waals surface area (Å²) in [7, 11) is 0. The van der Waals surface area contributed by atoms with Gasteiger partial charge in [0.15, 0.2) is 6.19 Å². The molecular weight excluding hydrogens is 136 g/mol. The average Bonchev–Trinajstić information content (AvgIpc) is 1.90. The molecule has 6 heteroatoms. The molecule has 0 radical (unpaired) electrons. The molecule has 0 unspecified atom stereocenters. The van der Waals surface area contributed by atoms with Gasteiger partial charge in [0.25, 0.3) is 0 Å². The molecule has 0 saturated carbocycles. The van der Waals surface area contributed by atoms with Crippen molar-refractivity contribution in [2.45, 2.75) is 6.29 Å². The zero-order valence-electron chi connectivity index (χ0n) is 5.33. The smallest absolute Gasteiger partial charge is 0.178 e. The van der Waals surface area contributed by atoms with Crippen LogP contribution in [0.5, 0.6) is 0 Å². The van der Waals surface area contributed by atoms with Crippen LogP contribution >= 0.6 is 0 Å². The minimum absolute atomic E-state index is 0.271. The standard InChI is InChI=1S/C4H10N4O2/c5-1-6-4(7-2-9)8-3-10/h4,6-10H,2-3H2. The van der Waals surface area contributed by atoms with Crippen molar-refractivity contribution >= 4 is 0 Å². The molecule has 10 heavy (non-hydrogen) atoms. The Morgan fingerprint density at radius 2 is 1.80 bits per heavy atom. The molecular formula is C4H10N4O2. The highest BCUT2D eigenvalue weighted by Crippen LogP contribution is 1.65. The van der Waals surface area contributed by atoms with E-state index < -0.39 is 6.29 Å². The van der Waals surface area contributed by atoms with Crippen molar-refractivity contribution in [3.05, 3.63) is 0 Å². The quantitative estimate of drug-likeness (QED) is 0.166. The number of rotatable bonds is 5. The van der Waals surface area contributed by atoms with Crippen LogP contribution < -0.4 is 16.0 Å². The molecule has 0 saturated heterocycles. The van der Waals surface area contributed by atoms with Gasteiger partial charge in [-0.25, -0.2) is 0 Å². The van der Waals surface area contributed by atoms with E-state index in [4.69, 9.17) is 15.5 Å². The predicted molar refractivity (Wildman–Crippen MR) is 33.0 cm³/mol. The molecule has 58 valence electrons. The van der Waals surface area contributed by atoms with E-state index in [2.05, 4.69) is 16.0 Å². The molecule has 0 aliphatic carbocycles. The van der Waals surface area contributed by atoms with Crippen LogP contribution in [-0.2, 0) is 0 Å². The minimum atomic E-state index is -0.583. The van der Waals surface area contributed by atoms with Crippen molar-refractivity contribution in [2.24, 2.45) is 0 Å². The first kappa shape index (κ1) is 9.13. The van der Waals surface area contributed by atoms with Crippen LogP contribution in [0.2, 0.25) is 0 Å². The Balaban J connectivity index is 3.42. The molecule has 0 aromatic heterocycles. The van der Waals surface area contributed by atoms with Gasteiger partial charge in [0.2, 0.25) is 0 Å². The minimum Gasteiger partial charge on any atom is -0.381 e. The maximum atomic E-state index is 8.31. The first-order valence-corrected chi connectivity index (χ1v) is 2.68. The summed E-state index contributed by atoms with van der Waals surface area (Å²) in [6.45, 7) is -0.543. The lowest BCUT2D eigenvalue weighted by Gasteiger charge is -2.14. The Bertz CT molecular complexity index is 106. The molecule has 0 bridgehead atoms. The zero-order chi connectivity index (χ0) is 7.82. The molecule has 0 aromatic rings. The molecule has 0 rings (SSSR count). The molecule has 5 N–H and O–H groups in total. The summed E-state index contributed by atoms with van der Waals surface area (Å²) in [6, 6.07) is 0. The van der Waals surface area contributed by atoms with Crippen molar-refractivity contribution in [3.8, 4) is 6.19 Å².